The van der Waals surface area contributed by atoms with Crippen molar-refractivity contribution in [1.29, 1.82) is 0 Å². The van der Waals surface area contributed by atoms with Gasteiger partial charge in [-0.05, 0) is 42.5 Å². The maximum absolute atomic E-state index is 13.4. The van der Waals surface area contributed by atoms with E-state index in [4.69, 9.17) is 9.40 Å². The molecular weight excluding hydrogens is 454 g/mol. The van der Waals surface area contributed by atoms with Gasteiger partial charge in [0.15, 0.2) is 5.65 Å². The molecule has 3 heterocycles. The summed E-state index contributed by atoms with van der Waals surface area (Å²) in [4.78, 5) is 30.2. The van der Waals surface area contributed by atoms with E-state index in [2.05, 4.69) is 15.7 Å². The Morgan fingerprint density at radius 3 is 2.33 bits per heavy atom. The minimum Gasteiger partial charge on any atom is -0.467 e. The number of fused-ring (bicyclic) bond motifs is 1. The lowest BCUT2D eigenvalue weighted by atomic mass is 10.1. The Morgan fingerprint density at radius 1 is 0.944 bits per heavy atom. The third-order valence-corrected chi connectivity index (χ3v) is 5.74. The number of aromatic nitrogens is 3. The molecule has 0 fully saturated rings. The number of nitrogens with zero attached hydrogens (tertiary/aromatic N) is 3. The van der Waals surface area contributed by atoms with Crippen molar-refractivity contribution >= 4 is 34.2 Å². The van der Waals surface area contributed by atoms with Gasteiger partial charge in [0.25, 0.3) is 5.91 Å². The number of pyridine rings is 1. The topological polar surface area (TPSA) is 102 Å². The summed E-state index contributed by atoms with van der Waals surface area (Å²) >= 11 is 0. The summed E-state index contributed by atoms with van der Waals surface area (Å²) < 4.78 is 7.21. The summed E-state index contributed by atoms with van der Waals surface area (Å²) in [7, 11) is 0. The van der Waals surface area contributed by atoms with Crippen molar-refractivity contribution in [2.24, 2.45) is 5.92 Å². The van der Waals surface area contributed by atoms with Crippen LogP contribution >= 0.6 is 0 Å². The van der Waals surface area contributed by atoms with Crippen molar-refractivity contribution < 1.29 is 14.0 Å². The highest BCUT2D eigenvalue weighted by Crippen LogP contribution is 2.26. The summed E-state index contributed by atoms with van der Waals surface area (Å²) in [6.07, 6.45) is 3.27. The molecule has 180 valence electrons. The molecule has 0 spiro atoms. The normalized spacial score (nSPS) is 11.1. The third kappa shape index (κ3) is 4.88. The van der Waals surface area contributed by atoms with E-state index in [1.165, 1.54) is 0 Å². The molecule has 2 N–H and O–H groups in total. The highest BCUT2D eigenvalue weighted by atomic mass is 16.3. The van der Waals surface area contributed by atoms with E-state index in [0.29, 0.717) is 40.2 Å². The van der Waals surface area contributed by atoms with Gasteiger partial charge < -0.3 is 15.1 Å². The highest BCUT2D eigenvalue weighted by molar-refractivity contribution is 6.12. The van der Waals surface area contributed by atoms with Crippen molar-refractivity contribution in [3.63, 3.8) is 0 Å². The van der Waals surface area contributed by atoms with Crippen LogP contribution in [0.25, 0.3) is 22.3 Å². The van der Waals surface area contributed by atoms with E-state index in [1.54, 1.807) is 47.5 Å². The first-order valence-corrected chi connectivity index (χ1v) is 11.6. The standard InChI is InChI=1S/C28H25N5O3/c1-18(2)27(34)30-20-10-12-21(13-11-20)31-28(35)23-15-25(19-7-4-3-5-8-19)32-26-24(23)16-29-33(26)17-22-9-6-14-36-22/h3-16,18H,17H2,1-2H3,(H,30,34)(H,31,35). The molecule has 3 aromatic heterocycles. The second-order valence-electron chi connectivity index (χ2n) is 8.72. The molecular formula is C28H25N5O3. The van der Waals surface area contributed by atoms with Crippen LogP contribution < -0.4 is 10.6 Å². The fourth-order valence-electron chi connectivity index (χ4n) is 3.78. The Balaban J connectivity index is 1.48. The van der Waals surface area contributed by atoms with Gasteiger partial charge in [0.1, 0.15) is 12.3 Å². The molecule has 0 bridgehead atoms. The van der Waals surface area contributed by atoms with Crippen LogP contribution in [0.1, 0.15) is 30.0 Å². The second kappa shape index (κ2) is 9.87. The number of amides is 2. The first-order valence-electron chi connectivity index (χ1n) is 11.6. The predicted molar refractivity (Wildman–Crippen MR) is 139 cm³/mol. The molecule has 5 rings (SSSR count). The molecule has 36 heavy (non-hydrogen) atoms. The molecule has 0 saturated heterocycles. The molecule has 0 aliphatic heterocycles. The molecule has 0 aliphatic carbocycles. The summed E-state index contributed by atoms with van der Waals surface area (Å²) in [6, 6.07) is 22.2. The fourth-order valence-corrected chi connectivity index (χ4v) is 3.78. The number of carbonyl (C=O) groups is 2. The fraction of sp³-hybridized carbons (Fsp3) is 0.143. The van der Waals surface area contributed by atoms with Gasteiger partial charge in [-0.2, -0.15) is 5.10 Å². The zero-order valence-electron chi connectivity index (χ0n) is 19.9. The van der Waals surface area contributed by atoms with Crippen LogP contribution in [0, 0.1) is 5.92 Å². The molecule has 2 aromatic carbocycles. The van der Waals surface area contributed by atoms with Crippen LogP contribution in [0.3, 0.4) is 0 Å². The van der Waals surface area contributed by atoms with Gasteiger partial charge in [0, 0.05) is 22.9 Å². The van der Waals surface area contributed by atoms with Gasteiger partial charge in [-0.1, -0.05) is 44.2 Å². The van der Waals surface area contributed by atoms with Crippen molar-refractivity contribution in [2.45, 2.75) is 20.4 Å². The first kappa shape index (κ1) is 23.0. The molecule has 0 aliphatic rings. The summed E-state index contributed by atoms with van der Waals surface area (Å²) in [6.45, 7) is 4.06. The van der Waals surface area contributed by atoms with Crippen LogP contribution in [-0.2, 0) is 11.3 Å². The Kier molecular flexibility index (Phi) is 6.32. The van der Waals surface area contributed by atoms with Crippen molar-refractivity contribution in [2.75, 3.05) is 10.6 Å². The lowest BCUT2D eigenvalue weighted by Crippen LogP contribution is -2.17. The molecule has 0 saturated carbocycles. The van der Waals surface area contributed by atoms with E-state index in [-0.39, 0.29) is 17.7 Å². The van der Waals surface area contributed by atoms with E-state index in [0.717, 1.165) is 11.3 Å². The summed E-state index contributed by atoms with van der Waals surface area (Å²) in [5, 5.41) is 10.9. The largest absolute Gasteiger partial charge is 0.467 e. The Labute approximate surface area is 208 Å². The van der Waals surface area contributed by atoms with Gasteiger partial charge in [-0.3, -0.25) is 9.59 Å². The molecule has 0 atom stereocenters. The number of nitrogens with one attached hydrogen (secondary N) is 2. The molecule has 0 unspecified atom stereocenters. The van der Waals surface area contributed by atoms with Gasteiger partial charge in [0.05, 0.1) is 29.1 Å². The van der Waals surface area contributed by atoms with E-state index in [1.807, 2.05) is 56.3 Å². The predicted octanol–water partition coefficient (Wildman–Crippen LogP) is 5.59. The zero-order chi connectivity index (χ0) is 25.1. The Bertz CT molecular complexity index is 1500. The number of benzene rings is 2. The van der Waals surface area contributed by atoms with Gasteiger partial charge >= 0.3 is 0 Å². The molecule has 2 amide bonds. The zero-order valence-corrected chi connectivity index (χ0v) is 19.9. The van der Waals surface area contributed by atoms with E-state index in [9.17, 15) is 9.59 Å². The smallest absolute Gasteiger partial charge is 0.256 e. The number of hydrogen-bond acceptors (Lipinski definition) is 5. The average molecular weight is 480 g/mol. The number of rotatable bonds is 7. The monoisotopic (exact) mass is 479 g/mol. The Hall–Kier alpha value is -4.72. The number of carbonyl (C=O) groups excluding carboxylic acids is 2. The molecule has 0 radical (unpaired) electrons. The average Bonchev–Trinajstić information content (AvgIpc) is 3.55. The number of hydrogen-bond donors (Lipinski definition) is 2. The van der Waals surface area contributed by atoms with Gasteiger partial charge in [-0.15, -0.1) is 0 Å². The van der Waals surface area contributed by atoms with Crippen molar-refractivity contribution in [3.8, 4) is 11.3 Å². The second-order valence-corrected chi connectivity index (χ2v) is 8.72. The van der Waals surface area contributed by atoms with Crippen LogP contribution in [0.15, 0.2) is 89.7 Å². The molecule has 8 heteroatoms. The van der Waals surface area contributed by atoms with Crippen LogP contribution in [0.5, 0.6) is 0 Å². The van der Waals surface area contributed by atoms with Crippen molar-refractivity contribution in [1.82, 2.24) is 14.8 Å². The summed E-state index contributed by atoms with van der Waals surface area (Å²) in [5.41, 5.74) is 3.89. The van der Waals surface area contributed by atoms with Gasteiger partial charge in [-0.25, -0.2) is 9.67 Å². The quantitative estimate of drug-likeness (QED) is 0.317. The Morgan fingerprint density at radius 2 is 1.67 bits per heavy atom. The van der Waals surface area contributed by atoms with Crippen LogP contribution in [0.4, 0.5) is 11.4 Å². The molecule has 5 aromatic rings. The SMILES string of the molecule is CC(C)C(=O)Nc1ccc(NC(=O)c2cc(-c3ccccc3)nc3c2cnn3Cc2ccco2)cc1. The highest BCUT2D eigenvalue weighted by Gasteiger charge is 2.18. The summed E-state index contributed by atoms with van der Waals surface area (Å²) in [5.74, 6) is 0.274. The minimum absolute atomic E-state index is 0.0639. The lowest BCUT2D eigenvalue weighted by molar-refractivity contribution is -0.118. The maximum atomic E-state index is 13.4. The van der Waals surface area contributed by atoms with Crippen molar-refractivity contribution in [3.05, 3.63) is 96.6 Å². The van der Waals surface area contributed by atoms with E-state index >= 15 is 0 Å². The van der Waals surface area contributed by atoms with Gasteiger partial charge in [0.2, 0.25) is 5.91 Å². The van der Waals surface area contributed by atoms with Crippen LogP contribution in [0.2, 0.25) is 0 Å². The lowest BCUT2D eigenvalue weighted by Gasteiger charge is -2.11. The molecule has 8 nitrogen and oxygen atoms in total. The number of furan rings is 1. The van der Waals surface area contributed by atoms with E-state index < -0.39 is 0 Å². The number of anilines is 2. The third-order valence-electron chi connectivity index (χ3n) is 5.74. The maximum Gasteiger partial charge on any atom is 0.256 e. The first-order chi connectivity index (χ1) is 17.5. The van der Waals surface area contributed by atoms with Crippen LogP contribution in [-0.4, -0.2) is 26.6 Å². The minimum atomic E-state index is -0.281.